The average Bonchev–Trinajstić information content (AvgIpc) is 2.15. The Hall–Kier alpha value is 0.310. The van der Waals surface area contributed by atoms with E-state index in [0.29, 0.717) is 0 Å². The van der Waals surface area contributed by atoms with E-state index in [1.54, 1.807) is 0 Å². The molecule has 0 saturated carbocycles. The SMILES string of the molecule is CSCCC1CCCN(C(C)C)C1. The van der Waals surface area contributed by atoms with Gasteiger partial charge in [-0.1, -0.05) is 0 Å². The third-order valence-electron chi connectivity index (χ3n) is 3.01. The number of hydrogen-bond acceptors (Lipinski definition) is 2. The molecule has 0 radical (unpaired) electrons. The second-order valence-corrected chi connectivity index (χ2v) is 5.36. The smallest absolute Gasteiger partial charge is 0.00387 e. The number of thioether (sulfide) groups is 1. The zero-order chi connectivity index (χ0) is 9.68. The topological polar surface area (TPSA) is 3.24 Å². The third kappa shape index (κ3) is 3.90. The molecule has 1 nitrogen and oxygen atoms in total. The Kier molecular flexibility index (Phi) is 5.18. The van der Waals surface area contributed by atoms with Crippen LogP contribution in [0.25, 0.3) is 0 Å². The van der Waals surface area contributed by atoms with Gasteiger partial charge in [-0.15, -0.1) is 0 Å². The fourth-order valence-electron chi connectivity index (χ4n) is 2.09. The molecule has 1 aliphatic rings. The summed E-state index contributed by atoms with van der Waals surface area (Å²) < 4.78 is 0. The predicted octanol–water partition coefficient (Wildman–Crippen LogP) is 2.86. The van der Waals surface area contributed by atoms with Gasteiger partial charge in [-0.2, -0.15) is 11.8 Å². The maximum absolute atomic E-state index is 2.63. The Labute approximate surface area is 87.3 Å². The molecule has 0 aliphatic carbocycles. The van der Waals surface area contributed by atoms with Crippen LogP contribution in [-0.4, -0.2) is 36.0 Å². The van der Waals surface area contributed by atoms with Crippen molar-refractivity contribution in [2.75, 3.05) is 25.1 Å². The summed E-state index contributed by atoms with van der Waals surface area (Å²) in [7, 11) is 0. The summed E-state index contributed by atoms with van der Waals surface area (Å²) in [5.74, 6) is 2.32. The number of hydrogen-bond donors (Lipinski definition) is 0. The molecule has 1 aliphatic heterocycles. The van der Waals surface area contributed by atoms with Gasteiger partial charge in [0.05, 0.1) is 0 Å². The van der Waals surface area contributed by atoms with Gasteiger partial charge in [0.2, 0.25) is 0 Å². The van der Waals surface area contributed by atoms with Crippen LogP contribution in [0.4, 0.5) is 0 Å². The second kappa shape index (κ2) is 5.92. The summed E-state index contributed by atoms with van der Waals surface area (Å²) >= 11 is 1.99. The van der Waals surface area contributed by atoms with Crippen LogP contribution in [0, 0.1) is 5.92 Å². The van der Waals surface area contributed by atoms with Crippen molar-refractivity contribution >= 4 is 11.8 Å². The van der Waals surface area contributed by atoms with Crippen molar-refractivity contribution in [1.82, 2.24) is 4.90 Å². The molecular weight excluding hydrogens is 178 g/mol. The average molecular weight is 201 g/mol. The van der Waals surface area contributed by atoms with Crippen molar-refractivity contribution in [1.29, 1.82) is 0 Å². The van der Waals surface area contributed by atoms with Gasteiger partial charge in [-0.05, 0) is 57.6 Å². The van der Waals surface area contributed by atoms with Crippen molar-refractivity contribution in [3.05, 3.63) is 0 Å². The summed E-state index contributed by atoms with van der Waals surface area (Å²) in [6.45, 7) is 7.31. The van der Waals surface area contributed by atoms with Crippen LogP contribution in [0.1, 0.15) is 33.1 Å². The Balaban J connectivity index is 2.25. The molecule has 1 rings (SSSR count). The van der Waals surface area contributed by atoms with E-state index in [4.69, 9.17) is 0 Å². The number of rotatable bonds is 4. The summed E-state index contributed by atoms with van der Waals surface area (Å²) in [5.41, 5.74) is 0. The summed E-state index contributed by atoms with van der Waals surface area (Å²) in [6.07, 6.45) is 6.51. The highest BCUT2D eigenvalue weighted by molar-refractivity contribution is 7.98. The lowest BCUT2D eigenvalue weighted by molar-refractivity contribution is 0.138. The molecule has 1 saturated heterocycles. The summed E-state index contributed by atoms with van der Waals surface area (Å²) in [5, 5.41) is 0. The number of piperidine rings is 1. The molecular formula is C11H23NS. The molecule has 0 aromatic heterocycles. The highest BCUT2D eigenvalue weighted by Crippen LogP contribution is 2.22. The van der Waals surface area contributed by atoms with E-state index in [0.717, 1.165) is 12.0 Å². The van der Waals surface area contributed by atoms with Gasteiger partial charge in [0.25, 0.3) is 0 Å². The molecule has 0 spiro atoms. The molecule has 1 fully saturated rings. The maximum Gasteiger partial charge on any atom is 0.00387 e. The van der Waals surface area contributed by atoms with Crippen molar-refractivity contribution in [2.45, 2.75) is 39.2 Å². The van der Waals surface area contributed by atoms with Gasteiger partial charge in [0, 0.05) is 12.6 Å². The Morgan fingerprint density at radius 2 is 2.23 bits per heavy atom. The van der Waals surface area contributed by atoms with Gasteiger partial charge in [-0.25, -0.2) is 0 Å². The first-order valence-corrected chi connectivity index (χ1v) is 6.86. The first-order valence-electron chi connectivity index (χ1n) is 5.47. The van der Waals surface area contributed by atoms with E-state index in [1.807, 2.05) is 11.8 Å². The molecule has 1 heterocycles. The van der Waals surface area contributed by atoms with E-state index in [1.165, 1.54) is 38.1 Å². The van der Waals surface area contributed by atoms with Crippen molar-refractivity contribution in [3.63, 3.8) is 0 Å². The fraction of sp³-hybridized carbons (Fsp3) is 1.00. The number of nitrogens with zero attached hydrogens (tertiary/aromatic N) is 1. The van der Waals surface area contributed by atoms with Gasteiger partial charge in [0.1, 0.15) is 0 Å². The third-order valence-corrected chi connectivity index (χ3v) is 3.65. The van der Waals surface area contributed by atoms with Gasteiger partial charge >= 0.3 is 0 Å². The first kappa shape index (κ1) is 11.4. The van der Waals surface area contributed by atoms with E-state index in [9.17, 15) is 0 Å². The molecule has 13 heavy (non-hydrogen) atoms. The lowest BCUT2D eigenvalue weighted by Crippen LogP contribution is -2.40. The standard InChI is InChI=1S/C11H23NS/c1-10(2)12-7-4-5-11(9-12)6-8-13-3/h10-11H,4-9H2,1-3H3. The predicted molar refractivity (Wildman–Crippen MR) is 62.4 cm³/mol. The quantitative estimate of drug-likeness (QED) is 0.688. The van der Waals surface area contributed by atoms with Crippen LogP contribution in [0.5, 0.6) is 0 Å². The lowest BCUT2D eigenvalue weighted by atomic mass is 9.95. The second-order valence-electron chi connectivity index (χ2n) is 4.38. The highest BCUT2D eigenvalue weighted by Gasteiger charge is 2.20. The van der Waals surface area contributed by atoms with Crippen molar-refractivity contribution in [2.24, 2.45) is 5.92 Å². The molecule has 78 valence electrons. The lowest BCUT2D eigenvalue weighted by Gasteiger charge is -2.35. The minimum Gasteiger partial charge on any atom is -0.301 e. The van der Waals surface area contributed by atoms with Crippen LogP contribution in [0.15, 0.2) is 0 Å². The van der Waals surface area contributed by atoms with E-state index >= 15 is 0 Å². The number of likely N-dealkylation sites (tertiary alicyclic amines) is 1. The monoisotopic (exact) mass is 201 g/mol. The summed E-state index contributed by atoms with van der Waals surface area (Å²) in [4.78, 5) is 2.63. The minimum atomic E-state index is 0.747. The fourth-order valence-corrected chi connectivity index (χ4v) is 2.66. The zero-order valence-electron chi connectivity index (χ0n) is 9.25. The zero-order valence-corrected chi connectivity index (χ0v) is 10.1. The Morgan fingerprint density at radius 1 is 1.46 bits per heavy atom. The van der Waals surface area contributed by atoms with Crippen LogP contribution in [-0.2, 0) is 0 Å². The molecule has 1 atom stereocenters. The van der Waals surface area contributed by atoms with E-state index in [-0.39, 0.29) is 0 Å². The largest absolute Gasteiger partial charge is 0.301 e. The van der Waals surface area contributed by atoms with E-state index in [2.05, 4.69) is 25.0 Å². The van der Waals surface area contributed by atoms with Crippen LogP contribution >= 0.6 is 11.8 Å². The van der Waals surface area contributed by atoms with Gasteiger partial charge in [-0.3, -0.25) is 0 Å². The molecule has 0 aromatic rings. The molecule has 2 heteroatoms. The molecule has 0 N–H and O–H groups in total. The molecule has 0 aromatic carbocycles. The maximum atomic E-state index is 2.63. The highest BCUT2D eigenvalue weighted by atomic mass is 32.2. The Bertz CT molecular complexity index is 136. The Morgan fingerprint density at radius 3 is 2.85 bits per heavy atom. The first-order chi connectivity index (χ1) is 6.24. The van der Waals surface area contributed by atoms with Crippen molar-refractivity contribution in [3.8, 4) is 0 Å². The van der Waals surface area contributed by atoms with Crippen LogP contribution < -0.4 is 0 Å². The summed E-state index contributed by atoms with van der Waals surface area (Å²) in [6, 6.07) is 0.747. The van der Waals surface area contributed by atoms with Gasteiger partial charge < -0.3 is 4.90 Å². The molecule has 1 unspecified atom stereocenters. The van der Waals surface area contributed by atoms with E-state index < -0.39 is 0 Å². The molecule has 0 bridgehead atoms. The van der Waals surface area contributed by atoms with Crippen LogP contribution in [0.2, 0.25) is 0 Å². The normalized spacial score (nSPS) is 25.4. The van der Waals surface area contributed by atoms with Crippen LogP contribution in [0.3, 0.4) is 0 Å². The van der Waals surface area contributed by atoms with Crippen molar-refractivity contribution < 1.29 is 0 Å². The minimum absolute atomic E-state index is 0.747. The molecule has 0 amide bonds. The van der Waals surface area contributed by atoms with Gasteiger partial charge in [0.15, 0.2) is 0 Å².